The van der Waals surface area contributed by atoms with E-state index in [2.05, 4.69) is 0 Å². The van der Waals surface area contributed by atoms with Crippen molar-refractivity contribution >= 4 is 17.3 Å². The van der Waals surface area contributed by atoms with E-state index in [0.717, 1.165) is 5.69 Å². The van der Waals surface area contributed by atoms with Crippen LogP contribution < -0.4 is 21.1 Å². The third kappa shape index (κ3) is 3.27. The molecule has 0 heterocycles. The summed E-state index contributed by atoms with van der Waals surface area (Å²) < 4.78 is 5.52. The Morgan fingerprint density at radius 3 is 2.59 bits per heavy atom. The van der Waals surface area contributed by atoms with Gasteiger partial charge in [0.05, 0.1) is 5.69 Å². The van der Waals surface area contributed by atoms with Crippen molar-refractivity contribution in [1.82, 2.24) is 0 Å². The van der Waals surface area contributed by atoms with Crippen LogP contribution in [0.3, 0.4) is 0 Å². The molecule has 1 atom stereocenters. The summed E-state index contributed by atoms with van der Waals surface area (Å²) in [6.45, 7) is 1.83. The second-order valence-corrected chi connectivity index (χ2v) is 4.03. The molecule has 1 rings (SSSR count). The lowest BCUT2D eigenvalue weighted by atomic mass is 10.2. The fourth-order valence-corrected chi connectivity index (χ4v) is 1.40. The summed E-state index contributed by atoms with van der Waals surface area (Å²) in [4.78, 5) is 13.0. The molecule has 1 aromatic carbocycles. The van der Waals surface area contributed by atoms with Gasteiger partial charge in [-0.1, -0.05) is 6.92 Å². The van der Waals surface area contributed by atoms with Crippen molar-refractivity contribution in [1.29, 1.82) is 0 Å². The Kier molecular flexibility index (Phi) is 4.20. The van der Waals surface area contributed by atoms with E-state index in [1.165, 1.54) is 0 Å². The lowest BCUT2D eigenvalue weighted by Gasteiger charge is -2.18. The van der Waals surface area contributed by atoms with Crippen LogP contribution >= 0.6 is 0 Å². The molecule has 0 aromatic heterocycles. The van der Waals surface area contributed by atoms with Gasteiger partial charge in [0, 0.05) is 25.8 Å². The topological polar surface area (TPSA) is 81.6 Å². The van der Waals surface area contributed by atoms with Gasteiger partial charge >= 0.3 is 0 Å². The summed E-state index contributed by atoms with van der Waals surface area (Å²) in [6.07, 6.45) is -0.129. The second-order valence-electron chi connectivity index (χ2n) is 4.03. The number of nitrogens with zero attached hydrogens (tertiary/aromatic N) is 1. The van der Waals surface area contributed by atoms with Gasteiger partial charge in [-0.05, 0) is 18.6 Å². The first-order valence-corrected chi connectivity index (χ1v) is 5.48. The molecule has 94 valence electrons. The van der Waals surface area contributed by atoms with Gasteiger partial charge in [0.2, 0.25) is 0 Å². The van der Waals surface area contributed by atoms with Crippen LogP contribution in [0.15, 0.2) is 18.2 Å². The van der Waals surface area contributed by atoms with Gasteiger partial charge in [0.15, 0.2) is 6.10 Å². The average Bonchev–Trinajstić information content (AvgIpc) is 2.27. The molecule has 5 nitrogen and oxygen atoms in total. The lowest BCUT2D eigenvalue weighted by molar-refractivity contribution is -0.124. The van der Waals surface area contributed by atoms with Crippen molar-refractivity contribution in [3.05, 3.63) is 18.2 Å². The molecule has 1 aromatic rings. The molecule has 0 bridgehead atoms. The number of benzene rings is 1. The molecule has 0 spiro atoms. The van der Waals surface area contributed by atoms with E-state index in [4.69, 9.17) is 16.2 Å². The van der Waals surface area contributed by atoms with Crippen molar-refractivity contribution in [3.63, 3.8) is 0 Å². The van der Waals surface area contributed by atoms with Gasteiger partial charge < -0.3 is 21.1 Å². The molecule has 0 radical (unpaired) electrons. The highest BCUT2D eigenvalue weighted by Crippen LogP contribution is 2.28. The molecule has 5 heteroatoms. The number of primary amides is 1. The van der Waals surface area contributed by atoms with Crippen LogP contribution in [-0.4, -0.2) is 26.1 Å². The number of anilines is 2. The van der Waals surface area contributed by atoms with Crippen LogP contribution in [-0.2, 0) is 4.79 Å². The standard InChI is InChI=1S/C12H19N3O2/c1-4-10(12(14)16)17-11-7-8(15(2)3)5-6-9(11)13/h5-7,10H,4,13H2,1-3H3,(H2,14,16). The van der Waals surface area contributed by atoms with Gasteiger partial charge in [0.25, 0.3) is 5.91 Å². The Labute approximate surface area is 101 Å². The van der Waals surface area contributed by atoms with E-state index in [9.17, 15) is 4.79 Å². The normalized spacial score (nSPS) is 11.9. The third-order valence-electron chi connectivity index (χ3n) is 2.47. The minimum absolute atomic E-state index is 0.484. The van der Waals surface area contributed by atoms with Crippen molar-refractivity contribution in [3.8, 4) is 5.75 Å². The van der Waals surface area contributed by atoms with Crippen molar-refractivity contribution in [2.24, 2.45) is 5.73 Å². The van der Waals surface area contributed by atoms with Crippen molar-refractivity contribution < 1.29 is 9.53 Å². The van der Waals surface area contributed by atoms with Gasteiger partial charge in [-0.2, -0.15) is 0 Å². The highest BCUT2D eigenvalue weighted by Gasteiger charge is 2.16. The maximum atomic E-state index is 11.1. The first-order chi connectivity index (χ1) is 7.95. The van der Waals surface area contributed by atoms with E-state index in [-0.39, 0.29) is 0 Å². The molecule has 17 heavy (non-hydrogen) atoms. The molecule has 0 saturated heterocycles. The minimum atomic E-state index is -0.644. The summed E-state index contributed by atoms with van der Waals surface area (Å²) >= 11 is 0. The molecule has 4 N–H and O–H groups in total. The third-order valence-corrected chi connectivity index (χ3v) is 2.47. The van der Waals surface area contributed by atoms with E-state index in [1.807, 2.05) is 32.0 Å². The SMILES string of the molecule is CCC(Oc1cc(N(C)C)ccc1N)C(N)=O. The largest absolute Gasteiger partial charge is 0.478 e. The summed E-state index contributed by atoms with van der Waals surface area (Å²) in [5.41, 5.74) is 12.5. The summed E-state index contributed by atoms with van der Waals surface area (Å²) in [5, 5.41) is 0. The fourth-order valence-electron chi connectivity index (χ4n) is 1.40. The van der Waals surface area contributed by atoms with Gasteiger partial charge in [-0.3, -0.25) is 4.79 Å². The zero-order valence-electron chi connectivity index (χ0n) is 10.4. The highest BCUT2D eigenvalue weighted by molar-refractivity contribution is 5.79. The smallest absolute Gasteiger partial charge is 0.258 e. The van der Waals surface area contributed by atoms with E-state index >= 15 is 0 Å². The van der Waals surface area contributed by atoms with E-state index in [1.54, 1.807) is 12.1 Å². The van der Waals surface area contributed by atoms with Gasteiger partial charge in [0.1, 0.15) is 5.75 Å². The predicted molar refractivity (Wildman–Crippen MR) is 69.1 cm³/mol. The molecule has 1 unspecified atom stereocenters. The number of carbonyl (C=O) groups excluding carboxylic acids is 1. The molecule has 0 aliphatic rings. The van der Waals surface area contributed by atoms with Crippen LogP contribution in [0.25, 0.3) is 0 Å². The Morgan fingerprint density at radius 2 is 2.12 bits per heavy atom. The number of hydrogen-bond donors (Lipinski definition) is 2. The Morgan fingerprint density at radius 1 is 1.47 bits per heavy atom. The van der Waals surface area contributed by atoms with Crippen LogP contribution in [0.4, 0.5) is 11.4 Å². The zero-order chi connectivity index (χ0) is 13.0. The fraction of sp³-hybridized carbons (Fsp3) is 0.417. The van der Waals surface area contributed by atoms with Crippen LogP contribution in [0.1, 0.15) is 13.3 Å². The number of amides is 1. The summed E-state index contributed by atoms with van der Waals surface area (Å²) in [7, 11) is 3.83. The summed E-state index contributed by atoms with van der Waals surface area (Å²) in [5.74, 6) is 0.00371. The lowest BCUT2D eigenvalue weighted by Crippen LogP contribution is -2.33. The monoisotopic (exact) mass is 237 g/mol. The maximum absolute atomic E-state index is 11.1. The highest BCUT2D eigenvalue weighted by atomic mass is 16.5. The van der Waals surface area contributed by atoms with Crippen LogP contribution in [0, 0.1) is 0 Å². The van der Waals surface area contributed by atoms with Gasteiger partial charge in [-0.15, -0.1) is 0 Å². The molecule has 0 fully saturated rings. The first kappa shape index (κ1) is 13.2. The number of nitrogen functional groups attached to an aromatic ring is 1. The van der Waals surface area contributed by atoms with Crippen LogP contribution in [0.5, 0.6) is 5.75 Å². The first-order valence-electron chi connectivity index (χ1n) is 5.48. The number of ether oxygens (including phenoxy) is 1. The predicted octanol–water partition coefficient (Wildman–Crippen LogP) is 0.978. The quantitative estimate of drug-likeness (QED) is 0.748. The number of rotatable bonds is 5. The number of nitrogens with two attached hydrogens (primary N) is 2. The molecular weight excluding hydrogens is 218 g/mol. The Hall–Kier alpha value is -1.91. The summed E-state index contributed by atoms with van der Waals surface area (Å²) in [6, 6.07) is 5.42. The Balaban J connectivity index is 2.96. The number of carbonyl (C=O) groups is 1. The second kappa shape index (κ2) is 5.43. The Bertz CT molecular complexity index is 405. The van der Waals surface area contributed by atoms with Gasteiger partial charge in [-0.25, -0.2) is 0 Å². The maximum Gasteiger partial charge on any atom is 0.258 e. The average molecular weight is 237 g/mol. The number of hydrogen-bond acceptors (Lipinski definition) is 4. The molecule has 0 saturated carbocycles. The molecule has 1 amide bonds. The minimum Gasteiger partial charge on any atom is -0.478 e. The van der Waals surface area contributed by atoms with Crippen molar-refractivity contribution in [2.45, 2.75) is 19.4 Å². The van der Waals surface area contributed by atoms with E-state index < -0.39 is 12.0 Å². The zero-order valence-corrected chi connectivity index (χ0v) is 10.4. The molecular formula is C12H19N3O2. The van der Waals surface area contributed by atoms with E-state index in [0.29, 0.717) is 17.9 Å². The molecule has 0 aliphatic carbocycles. The van der Waals surface area contributed by atoms with Crippen molar-refractivity contribution in [2.75, 3.05) is 24.7 Å². The molecule has 0 aliphatic heterocycles. The van der Waals surface area contributed by atoms with Crippen LogP contribution in [0.2, 0.25) is 0 Å².